The number of hydrogen-bond acceptors (Lipinski definition) is 1. The zero-order chi connectivity index (χ0) is 11.5. The van der Waals surface area contributed by atoms with Crippen LogP contribution in [0.15, 0.2) is 42.5 Å². The van der Waals surface area contributed by atoms with Gasteiger partial charge in [0.15, 0.2) is 0 Å². The highest BCUT2D eigenvalue weighted by Gasteiger charge is 2.03. The summed E-state index contributed by atoms with van der Waals surface area (Å²) in [4.78, 5) is 0. The molecule has 1 nitrogen and oxygen atoms in total. The number of hydrogen-bond donors (Lipinski definition) is 0. The molecular weight excluding hydrogens is 341 g/mol. The number of ether oxygens (including phenoxy) is 1. The normalized spacial score (nSPS) is 10.2. The molecule has 0 spiro atoms. The van der Waals surface area contributed by atoms with E-state index in [9.17, 15) is 4.39 Å². The lowest BCUT2D eigenvalue weighted by molar-refractivity contribution is 0.477. The van der Waals surface area contributed by atoms with Crippen molar-refractivity contribution in [2.75, 3.05) is 0 Å². The minimum absolute atomic E-state index is 0.284. The van der Waals surface area contributed by atoms with Crippen LogP contribution in [-0.4, -0.2) is 0 Å². The molecule has 0 unspecified atom stereocenters. The van der Waals surface area contributed by atoms with Gasteiger partial charge in [0.1, 0.15) is 17.3 Å². The molecule has 0 fully saturated rings. The monoisotopic (exact) mass is 348 g/mol. The molecular formula is C12H7ClFIO. The Hall–Kier alpha value is -0.810. The van der Waals surface area contributed by atoms with Gasteiger partial charge < -0.3 is 4.74 Å². The van der Waals surface area contributed by atoms with Crippen molar-refractivity contribution in [2.24, 2.45) is 0 Å². The van der Waals surface area contributed by atoms with Crippen molar-refractivity contribution in [1.82, 2.24) is 0 Å². The van der Waals surface area contributed by atoms with Crippen molar-refractivity contribution >= 4 is 34.2 Å². The van der Waals surface area contributed by atoms with Crippen LogP contribution in [0.2, 0.25) is 5.02 Å². The van der Waals surface area contributed by atoms with E-state index in [-0.39, 0.29) is 5.82 Å². The first-order valence-electron chi connectivity index (χ1n) is 4.53. The molecule has 2 aromatic carbocycles. The van der Waals surface area contributed by atoms with Gasteiger partial charge in [0.05, 0.1) is 3.57 Å². The molecule has 0 N–H and O–H groups in total. The molecule has 0 saturated carbocycles. The van der Waals surface area contributed by atoms with Crippen LogP contribution in [-0.2, 0) is 0 Å². The lowest BCUT2D eigenvalue weighted by atomic mass is 10.3. The van der Waals surface area contributed by atoms with E-state index >= 15 is 0 Å². The van der Waals surface area contributed by atoms with Gasteiger partial charge in [-0.05, 0) is 59.0 Å². The average Bonchev–Trinajstić information content (AvgIpc) is 2.27. The first-order chi connectivity index (χ1) is 7.65. The largest absolute Gasteiger partial charge is 0.456 e. The van der Waals surface area contributed by atoms with Crippen LogP contribution >= 0.6 is 34.2 Å². The Morgan fingerprint density at radius 1 is 1.06 bits per heavy atom. The predicted molar refractivity (Wildman–Crippen MR) is 70.6 cm³/mol. The minimum Gasteiger partial charge on any atom is -0.456 e. The molecule has 4 heteroatoms. The molecule has 0 aliphatic rings. The number of rotatable bonds is 2. The summed E-state index contributed by atoms with van der Waals surface area (Å²) in [6.07, 6.45) is 0. The van der Waals surface area contributed by atoms with E-state index in [0.717, 1.165) is 3.57 Å². The Balaban J connectivity index is 2.26. The Morgan fingerprint density at radius 2 is 1.75 bits per heavy atom. The highest BCUT2D eigenvalue weighted by Crippen LogP contribution is 2.29. The SMILES string of the molecule is Fc1ccc(Oc2cc(Cl)ccc2I)cc1. The van der Waals surface area contributed by atoms with Gasteiger partial charge in [-0.15, -0.1) is 0 Å². The molecule has 82 valence electrons. The van der Waals surface area contributed by atoms with Crippen molar-refractivity contribution in [2.45, 2.75) is 0 Å². The fourth-order valence-electron chi connectivity index (χ4n) is 1.19. The Kier molecular flexibility index (Phi) is 3.66. The molecule has 0 aliphatic carbocycles. The Bertz CT molecular complexity index is 499. The molecule has 16 heavy (non-hydrogen) atoms. The molecule has 2 aromatic rings. The predicted octanol–water partition coefficient (Wildman–Crippen LogP) is 4.88. The van der Waals surface area contributed by atoms with Crippen LogP contribution in [0.4, 0.5) is 4.39 Å². The molecule has 0 radical (unpaired) electrons. The lowest BCUT2D eigenvalue weighted by Crippen LogP contribution is -1.87. The molecule has 0 atom stereocenters. The maximum Gasteiger partial charge on any atom is 0.142 e. The summed E-state index contributed by atoms with van der Waals surface area (Å²) in [5.74, 6) is 0.967. The van der Waals surface area contributed by atoms with Gasteiger partial charge in [0, 0.05) is 11.1 Å². The Morgan fingerprint density at radius 3 is 2.44 bits per heavy atom. The quantitative estimate of drug-likeness (QED) is 0.703. The van der Waals surface area contributed by atoms with Crippen molar-refractivity contribution in [3.63, 3.8) is 0 Å². The summed E-state index contributed by atoms with van der Waals surface area (Å²) in [6, 6.07) is 11.2. The fourth-order valence-corrected chi connectivity index (χ4v) is 1.79. The molecule has 0 aromatic heterocycles. The van der Waals surface area contributed by atoms with Crippen LogP contribution in [0.1, 0.15) is 0 Å². The van der Waals surface area contributed by atoms with Gasteiger partial charge in [-0.25, -0.2) is 4.39 Å². The third kappa shape index (κ3) is 2.86. The van der Waals surface area contributed by atoms with Gasteiger partial charge in [-0.2, -0.15) is 0 Å². The zero-order valence-corrected chi connectivity index (χ0v) is 11.0. The van der Waals surface area contributed by atoms with Crippen molar-refractivity contribution < 1.29 is 9.13 Å². The number of halogens is 3. The van der Waals surface area contributed by atoms with Gasteiger partial charge in [0.2, 0.25) is 0 Å². The molecule has 0 bridgehead atoms. The van der Waals surface area contributed by atoms with E-state index in [2.05, 4.69) is 22.6 Å². The Labute approximate surface area is 111 Å². The number of benzene rings is 2. The maximum atomic E-state index is 12.7. The second kappa shape index (κ2) is 5.01. The third-order valence-corrected chi connectivity index (χ3v) is 3.06. The van der Waals surface area contributed by atoms with Crippen LogP contribution < -0.4 is 4.74 Å². The molecule has 0 amide bonds. The van der Waals surface area contributed by atoms with E-state index in [1.807, 2.05) is 6.07 Å². The summed E-state index contributed by atoms with van der Waals surface area (Å²) in [5, 5.41) is 0.609. The second-order valence-corrected chi connectivity index (χ2v) is 4.73. The highest BCUT2D eigenvalue weighted by molar-refractivity contribution is 14.1. The van der Waals surface area contributed by atoms with Crippen molar-refractivity contribution in [3.05, 3.63) is 56.9 Å². The van der Waals surface area contributed by atoms with Crippen LogP contribution in [0.3, 0.4) is 0 Å². The van der Waals surface area contributed by atoms with E-state index in [4.69, 9.17) is 16.3 Å². The van der Waals surface area contributed by atoms with Gasteiger partial charge in [-0.1, -0.05) is 11.6 Å². The maximum absolute atomic E-state index is 12.7. The minimum atomic E-state index is -0.284. The van der Waals surface area contributed by atoms with Gasteiger partial charge in [-0.3, -0.25) is 0 Å². The van der Waals surface area contributed by atoms with Crippen LogP contribution in [0.5, 0.6) is 11.5 Å². The molecule has 0 saturated heterocycles. The summed E-state index contributed by atoms with van der Waals surface area (Å²) in [6.45, 7) is 0. The second-order valence-electron chi connectivity index (χ2n) is 3.13. The molecule has 0 heterocycles. The zero-order valence-electron chi connectivity index (χ0n) is 8.08. The highest BCUT2D eigenvalue weighted by atomic mass is 127. The summed E-state index contributed by atoms with van der Waals surface area (Å²) in [7, 11) is 0. The van der Waals surface area contributed by atoms with Crippen LogP contribution in [0, 0.1) is 9.39 Å². The lowest BCUT2D eigenvalue weighted by Gasteiger charge is -2.07. The average molecular weight is 349 g/mol. The standard InChI is InChI=1S/C12H7ClFIO/c13-8-1-6-11(15)12(7-8)16-10-4-2-9(14)3-5-10/h1-7H. The third-order valence-electron chi connectivity index (χ3n) is 1.93. The topological polar surface area (TPSA) is 9.23 Å². The summed E-state index contributed by atoms with van der Waals surface area (Å²) < 4.78 is 19.2. The van der Waals surface area contributed by atoms with E-state index in [1.54, 1.807) is 24.3 Å². The first kappa shape index (κ1) is 11.7. The van der Waals surface area contributed by atoms with E-state index < -0.39 is 0 Å². The van der Waals surface area contributed by atoms with E-state index in [1.165, 1.54) is 12.1 Å². The summed E-state index contributed by atoms with van der Waals surface area (Å²) in [5.41, 5.74) is 0. The van der Waals surface area contributed by atoms with Gasteiger partial charge >= 0.3 is 0 Å². The van der Waals surface area contributed by atoms with Crippen LogP contribution in [0.25, 0.3) is 0 Å². The summed E-state index contributed by atoms with van der Waals surface area (Å²) >= 11 is 8.02. The van der Waals surface area contributed by atoms with Gasteiger partial charge in [0.25, 0.3) is 0 Å². The van der Waals surface area contributed by atoms with Crippen molar-refractivity contribution in [1.29, 1.82) is 0 Å². The molecule has 2 rings (SSSR count). The van der Waals surface area contributed by atoms with E-state index in [0.29, 0.717) is 16.5 Å². The fraction of sp³-hybridized carbons (Fsp3) is 0. The molecule has 0 aliphatic heterocycles. The smallest absolute Gasteiger partial charge is 0.142 e. The first-order valence-corrected chi connectivity index (χ1v) is 5.99. The van der Waals surface area contributed by atoms with Crippen molar-refractivity contribution in [3.8, 4) is 11.5 Å².